The van der Waals surface area contributed by atoms with Crippen molar-refractivity contribution in [1.29, 1.82) is 0 Å². The van der Waals surface area contributed by atoms with Crippen LogP contribution in [0.25, 0.3) is 0 Å². The first kappa shape index (κ1) is 11.0. The highest BCUT2D eigenvalue weighted by molar-refractivity contribution is 8.00. The second-order valence-corrected chi connectivity index (χ2v) is 5.60. The lowest BCUT2D eigenvalue weighted by molar-refractivity contribution is 0.551. The maximum Gasteiger partial charge on any atom is 0.0640 e. The maximum atomic E-state index is 6.22. The minimum Gasteiger partial charge on any atom is -0.326 e. The molecule has 0 spiro atoms. The second-order valence-electron chi connectivity index (χ2n) is 4.25. The molecule has 84 valence electrons. The Morgan fingerprint density at radius 2 is 2.53 bits per heavy atom. The molecule has 0 bridgehead atoms. The Morgan fingerprint density at radius 3 is 3.13 bits per heavy atom. The number of hydrogen-bond acceptors (Lipinski definition) is 3. The maximum absolute atomic E-state index is 6.22. The molecule has 0 amide bonds. The number of thioether (sulfide) groups is 1. The molecule has 1 aromatic rings. The molecule has 0 aliphatic carbocycles. The average molecular weight is 225 g/mol. The van der Waals surface area contributed by atoms with Gasteiger partial charge in [-0.15, -0.1) is 0 Å². The standard InChI is InChI=1S/C11H19N3S/c1-14-6-5-9(13-14)8-10(12)11-4-2-3-7-15-11/h5-6,10-11H,2-4,7-8,12H2,1H3. The van der Waals surface area contributed by atoms with Crippen LogP contribution in [0, 0.1) is 0 Å². The fraction of sp³-hybridized carbons (Fsp3) is 0.727. The molecule has 1 saturated heterocycles. The zero-order chi connectivity index (χ0) is 10.7. The molecule has 2 rings (SSSR count). The average Bonchev–Trinajstić information content (AvgIpc) is 2.65. The number of nitrogens with zero attached hydrogens (tertiary/aromatic N) is 2. The van der Waals surface area contributed by atoms with Gasteiger partial charge in [0.1, 0.15) is 0 Å². The quantitative estimate of drug-likeness (QED) is 0.849. The number of aryl methyl sites for hydroxylation is 1. The van der Waals surface area contributed by atoms with Crippen LogP contribution < -0.4 is 5.73 Å². The molecule has 1 aromatic heterocycles. The lowest BCUT2D eigenvalue weighted by Gasteiger charge is -2.26. The summed E-state index contributed by atoms with van der Waals surface area (Å²) in [5, 5.41) is 5.01. The molecule has 4 heteroatoms. The summed E-state index contributed by atoms with van der Waals surface area (Å²) < 4.78 is 1.84. The van der Waals surface area contributed by atoms with Crippen LogP contribution in [0.15, 0.2) is 12.3 Å². The van der Waals surface area contributed by atoms with Gasteiger partial charge in [-0.1, -0.05) is 6.42 Å². The summed E-state index contributed by atoms with van der Waals surface area (Å²) in [7, 11) is 1.95. The van der Waals surface area contributed by atoms with Gasteiger partial charge in [-0.2, -0.15) is 16.9 Å². The summed E-state index contributed by atoms with van der Waals surface area (Å²) in [6.07, 6.45) is 6.87. The predicted octanol–water partition coefficient (Wildman–Crippen LogP) is 1.58. The van der Waals surface area contributed by atoms with E-state index < -0.39 is 0 Å². The third-order valence-electron chi connectivity index (χ3n) is 2.91. The molecule has 2 N–H and O–H groups in total. The summed E-state index contributed by atoms with van der Waals surface area (Å²) in [6.45, 7) is 0. The van der Waals surface area contributed by atoms with Crippen molar-refractivity contribution in [3.05, 3.63) is 18.0 Å². The Kier molecular flexibility index (Phi) is 3.70. The molecular weight excluding hydrogens is 206 g/mol. The smallest absolute Gasteiger partial charge is 0.0640 e. The number of nitrogens with two attached hydrogens (primary N) is 1. The molecule has 2 unspecified atom stereocenters. The summed E-state index contributed by atoms with van der Waals surface area (Å²) in [5.74, 6) is 1.28. The van der Waals surface area contributed by atoms with E-state index in [2.05, 4.69) is 11.2 Å². The van der Waals surface area contributed by atoms with Crippen molar-refractivity contribution >= 4 is 11.8 Å². The first-order chi connectivity index (χ1) is 7.25. The van der Waals surface area contributed by atoms with Crippen molar-refractivity contribution in [2.75, 3.05) is 5.75 Å². The van der Waals surface area contributed by atoms with Crippen molar-refractivity contribution in [3.63, 3.8) is 0 Å². The predicted molar refractivity (Wildman–Crippen MR) is 65.0 cm³/mol. The largest absolute Gasteiger partial charge is 0.326 e. The zero-order valence-corrected chi connectivity index (χ0v) is 10.0. The third kappa shape index (κ3) is 2.98. The molecule has 1 aliphatic heterocycles. The first-order valence-electron chi connectivity index (χ1n) is 5.61. The SMILES string of the molecule is Cn1ccc(CC(N)C2CCCCS2)n1. The van der Waals surface area contributed by atoms with Crippen LogP contribution in [0.5, 0.6) is 0 Å². The third-order valence-corrected chi connectivity index (χ3v) is 4.44. The summed E-state index contributed by atoms with van der Waals surface area (Å²) in [5.41, 5.74) is 7.34. The van der Waals surface area contributed by atoms with Crippen molar-refractivity contribution < 1.29 is 0 Å². The molecule has 1 fully saturated rings. The molecule has 0 radical (unpaired) electrons. The fourth-order valence-corrected chi connectivity index (χ4v) is 3.40. The van der Waals surface area contributed by atoms with E-state index in [1.165, 1.54) is 25.0 Å². The molecule has 2 atom stereocenters. The Labute approximate surface area is 95.4 Å². The Morgan fingerprint density at radius 1 is 1.67 bits per heavy atom. The van der Waals surface area contributed by atoms with E-state index in [1.54, 1.807) is 0 Å². The van der Waals surface area contributed by atoms with E-state index in [-0.39, 0.29) is 6.04 Å². The van der Waals surface area contributed by atoms with Crippen LogP contribution >= 0.6 is 11.8 Å². The number of hydrogen-bond donors (Lipinski definition) is 1. The molecule has 3 nitrogen and oxygen atoms in total. The summed E-state index contributed by atoms with van der Waals surface area (Å²) in [6, 6.07) is 2.33. The van der Waals surface area contributed by atoms with Crippen LogP contribution in [0.2, 0.25) is 0 Å². The van der Waals surface area contributed by atoms with Crippen LogP contribution in [-0.2, 0) is 13.5 Å². The second kappa shape index (κ2) is 5.03. The lowest BCUT2D eigenvalue weighted by atomic mass is 10.0. The van der Waals surface area contributed by atoms with E-state index in [0.29, 0.717) is 5.25 Å². The van der Waals surface area contributed by atoms with Crippen LogP contribution in [0.1, 0.15) is 25.0 Å². The normalized spacial score (nSPS) is 24.0. The highest BCUT2D eigenvalue weighted by Crippen LogP contribution is 2.27. The summed E-state index contributed by atoms with van der Waals surface area (Å²) in [4.78, 5) is 0. The van der Waals surface area contributed by atoms with Gasteiger partial charge < -0.3 is 5.73 Å². The van der Waals surface area contributed by atoms with E-state index in [4.69, 9.17) is 5.73 Å². The summed E-state index contributed by atoms with van der Waals surface area (Å²) >= 11 is 2.04. The Hall–Kier alpha value is -0.480. The van der Waals surface area contributed by atoms with Gasteiger partial charge in [-0.25, -0.2) is 0 Å². The molecular formula is C11H19N3S. The topological polar surface area (TPSA) is 43.8 Å². The minimum atomic E-state index is 0.269. The van der Waals surface area contributed by atoms with Crippen molar-refractivity contribution in [3.8, 4) is 0 Å². The van der Waals surface area contributed by atoms with E-state index in [0.717, 1.165) is 12.1 Å². The van der Waals surface area contributed by atoms with Gasteiger partial charge in [0.25, 0.3) is 0 Å². The lowest BCUT2D eigenvalue weighted by Crippen LogP contribution is -2.36. The zero-order valence-electron chi connectivity index (χ0n) is 9.22. The first-order valence-corrected chi connectivity index (χ1v) is 6.66. The molecule has 15 heavy (non-hydrogen) atoms. The van der Waals surface area contributed by atoms with Crippen LogP contribution in [-0.4, -0.2) is 26.8 Å². The molecule has 0 aromatic carbocycles. The van der Waals surface area contributed by atoms with Crippen molar-refractivity contribution in [2.24, 2.45) is 12.8 Å². The van der Waals surface area contributed by atoms with E-state index in [9.17, 15) is 0 Å². The van der Waals surface area contributed by atoms with Gasteiger partial charge in [0.15, 0.2) is 0 Å². The van der Waals surface area contributed by atoms with Gasteiger partial charge >= 0.3 is 0 Å². The van der Waals surface area contributed by atoms with Gasteiger partial charge in [-0.05, 0) is 24.7 Å². The fourth-order valence-electron chi connectivity index (χ4n) is 2.05. The molecule has 1 aliphatic rings. The van der Waals surface area contributed by atoms with Gasteiger partial charge in [0.2, 0.25) is 0 Å². The van der Waals surface area contributed by atoms with Gasteiger partial charge in [-0.3, -0.25) is 4.68 Å². The Bertz CT molecular complexity index is 305. The Balaban J connectivity index is 1.88. The van der Waals surface area contributed by atoms with Gasteiger partial charge in [0, 0.05) is 31.0 Å². The van der Waals surface area contributed by atoms with Gasteiger partial charge in [0.05, 0.1) is 5.69 Å². The van der Waals surface area contributed by atoms with Crippen LogP contribution in [0.3, 0.4) is 0 Å². The number of rotatable bonds is 3. The highest BCUT2D eigenvalue weighted by Gasteiger charge is 2.21. The molecule has 2 heterocycles. The monoisotopic (exact) mass is 225 g/mol. The van der Waals surface area contributed by atoms with E-state index >= 15 is 0 Å². The number of aromatic nitrogens is 2. The van der Waals surface area contributed by atoms with Crippen LogP contribution in [0.4, 0.5) is 0 Å². The van der Waals surface area contributed by atoms with Crippen molar-refractivity contribution in [2.45, 2.75) is 37.0 Å². The minimum absolute atomic E-state index is 0.269. The van der Waals surface area contributed by atoms with E-state index in [1.807, 2.05) is 29.7 Å². The molecule has 0 saturated carbocycles. The highest BCUT2D eigenvalue weighted by atomic mass is 32.2. The van der Waals surface area contributed by atoms with Crippen molar-refractivity contribution in [1.82, 2.24) is 9.78 Å².